The van der Waals surface area contributed by atoms with Gasteiger partial charge in [-0.1, -0.05) is 12.1 Å². The third-order valence-corrected chi connectivity index (χ3v) is 2.38. The molecule has 2 heterocycles. The zero-order valence-corrected chi connectivity index (χ0v) is 7.44. The van der Waals surface area contributed by atoms with Crippen molar-refractivity contribution in [3.05, 3.63) is 49.1 Å². The van der Waals surface area contributed by atoms with Crippen LogP contribution >= 0.6 is 0 Å². The van der Waals surface area contributed by atoms with E-state index in [1.807, 2.05) is 30.7 Å². The van der Waals surface area contributed by atoms with E-state index in [1.165, 1.54) is 10.8 Å². The molecule has 65 valence electrons. The van der Waals surface area contributed by atoms with Gasteiger partial charge in [-0.05, 0) is 22.9 Å². The van der Waals surface area contributed by atoms with Gasteiger partial charge in [-0.2, -0.15) is 0 Å². The lowest BCUT2D eigenvalue weighted by atomic mass is 10.1. The van der Waals surface area contributed by atoms with Crippen LogP contribution in [0.5, 0.6) is 0 Å². The Morgan fingerprint density at radius 3 is 2.71 bits per heavy atom. The van der Waals surface area contributed by atoms with Gasteiger partial charge in [0.15, 0.2) is 0 Å². The van der Waals surface area contributed by atoms with E-state index >= 15 is 0 Å². The van der Waals surface area contributed by atoms with Crippen LogP contribution in [0.15, 0.2) is 42.9 Å². The summed E-state index contributed by atoms with van der Waals surface area (Å²) in [5.41, 5.74) is 0. The number of rotatable bonds is 0. The predicted octanol–water partition coefficient (Wildman–Crippen LogP) is 2.58. The molecule has 2 nitrogen and oxygen atoms in total. The van der Waals surface area contributed by atoms with Gasteiger partial charge in [0.25, 0.3) is 0 Å². The lowest BCUT2D eigenvalue weighted by Crippen LogP contribution is -1.79. The van der Waals surface area contributed by atoms with Crippen molar-refractivity contribution in [2.45, 2.75) is 0 Å². The van der Waals surface area contributed by atoms with E-state index in [2.05, 4.69) is 28.3 Å². The first-order valence-corrected chi connectivity index (χ1v) is 4.44. The summed E-state index contributed by atoms with van der Waals surface area (Å²) in [4.78, 5) is 8.07. The van der Waals surface area contributed by atoms with Crippen molar-refractivity contribution in [3.8, 4) is 0 Å². The quantitative estimate of drug-likeness (QED) is 0.496. The molecule has 0 unspecified atom stereocenters. The minimum absolute atomic E-state index is 1.14. The van der Waals surface area contributed by atoms with Gasteiger partial charge in [0.2, 0.25) is 0 Å². The van der Waals surface area contributed by atoms with Crippen molar-refractivity contribution in [1.29, 1.82) is 0 Å². The summed E-state index contributed by atoms with van der Waals surface area (Å²) in [5.74, 6) is 0. The Morgan fingerprint density at radius 1 is 0.929 bits per heavy atom. The van der Waals surface area contributed by atoms with Gasteiger partial charge in [0, 0.05) is 29.4 Å². The van der Waals surface area contributed by atoms with E-state index in [1.54, 1.807) is 0 Å². The molecule has 0 bridgehead atoms. The molecule has 3 rings (SSSR count). The number of hydrogen-bond acceptors (Lipinski definition) is 2. The average Bonchev–Trinajstić information content (AvgIpc) is 2.29. The SMILES string of the molecule is [c]1cc2c(ccc3cnccc32)cn1. The molecule has 2 heteroatoms. The Balaban J connectivity index is 2.61. The highest BCUT2D eigenvalue weighted by Gasteiger charge is 1.98. The van der Waals surface area contributed by atoms with Gasteiger partial charge in [-0.3, -0.25) is 9.97 Å². The molecule has 0 N–H and O–H groups in total. The maximum absolute atomic E-state index is 4.09. The minimum Gasteiger partial charge on any atom is -0.264 e. The summed E-state index contributed by atoms with van der Waals surface area (Å²) in [6.45, 7) is 0. The summed E-state index contributed by atoms with van der Waals surface area (Å²) in [7, 11) is 0. The second-order valence-corrected chi connectivity index (χ2v) is 3.20. The Labute approximate surface area is 81.2 Å². The maximum atomic E-state index is 4.09. The predicted molar refractivity (Wildman–Crippen MR) is 55.9 cm³/mol. The van der Waals surface area contributed by atoms with Gasteiger partial charge in [0.05, 0.1) is 6.20 Å². The Morgan fingerprint density at radius 2 is 1.79 bits per heavy atom. The maximum Gasteiger partial charge on any atom is 0.0892 e. The van der Waals surface area contributed by atoms with Crippen LogP contribution in [-0.4, -0.2) is 9.97 Å². The Hall–Kier alpha value is -1.96. The zero-order valence-electron chi connectivity index (χ0n) is 7.44. The van der Waals surface area contributed by atoms with E-state index in [-0.39, 0.29) is 0 Å². The lowest BCUT2D eigenvalue weighted by molar-refractivity contribution is 1.34. The zero-order chi connectivity index (χ0) is 9.38. The summed E-state index contributed by atoms with van der Waals surface area (Å²) < 4.78 is 0. The van der Waals surface area contributed by atoms with Crippen molar-refractivity contribution in [2.24, 2.45) is 0 Å². The highest BCUT2D eigenvalue weighted by molar-refractivity contribution is 6.06. The van der Waals surface area contributed by atoms with Crippen LogP contribution in [0.2, 0.25) is 0 Å². The molecule has 14 heavy (non-hydrogen) atoms. The minimum atomic E-state index is 1.14. The fourth-order valence-electron chi connectivity index (χ4n) is 1.69. The van der Waals surface area contributed by atoms with Gasteiger partial charge in [-0.25, -0.2) is 0 Å². The molecule has 0 spiro atoms. The Bertz CT molecular complexity index is 547. The van der Waals surface area contributed by atoms with Crippen LogP contribution in [0.3, 0.4) is 0 Å². The third kappa shape index (κ3) is 0.973. The largest absolute Gasteiger partial charge is 0.264 e. The smallest absolute Gasteiger partial charge is 0.0892 e. The number of pyridine rings is 2. The fraction of sp³-hybridized carbons (Fsp3) is 0. The summed E-state index contributed by atoms with van der Waals surface area (Å²) in [5, 5.41) is 4.68. The average molecular weight is 179 g/mol. The molecule has 3 aromatic rings. The highest BCUT2D eigenvalue weighted by Crippen LogP contribution is 2.22. The van der Waals surface area contributed by atoms with Crippen molar-refractivity contribution in [1.82, 2.24) is 9.97 Å². The first kappa shape index (κ1) is 7.44. The van der Waals surface area contributed by atoms with E-state index in [0.717, 1.165) is 10.8 Å². The molecule has 0 atom stereocenters. The number of aromatic nitrogens is 2. The molecule has 0 aliphatic carbocycles. The molecule has 2 aromatic heterocycles. The molecule has 0 saturated heterocycles. The molecule has 1 aromatic carbocycles. The monoisotopic (exact) mass is 179 g/mol. The number of nitrogens with zero attached hydrogens (tertiary/aromatic N) is 2. The molecule has 0 fully saturated rings. The van der Waals surface area contributed by atoms with E-state index in [0.29, 0.717) is 0 Å². The second kappa shape index (κ2) is 2.77. The van der Waals surface area contributed by atoms with Gasteiger partial charge in [-0.15, -0.1) is 0 Å². The normalized spacial score (nSPS) is 10.9. The first-order valence-electron chi connectivity index (χ1n) is 4.44. The number of hydrogen-bond donors (Lipinski definition) is 0. The van der Waals surface area contributed by atoms with E-state index < -0.39 is 0 Å². The van der Waals surface area contributed by atoms with Crippen LogP contribution in [0.4, 0.5) is 0 Å². The molecule has 0 amide bonds. The van der Waals surface area contributed by atoms with Gasteiger partial charge < -0.3 is 0 Å². The van der Waals surface area contributed by atoms with Gasteiger partial charge >= 0.3 is 0 Å². The highest BCUT2D eigenvalue weighted by atomic mass is 14.6. The third-order valence-electron chi connectivity index (χ3n) is 2.38. The van der Waals surface area contributed by atoms with Crippen molar-refractivity contribution in [2.75, 3.05) is 0 Å². The molecular formula is C12H7N2. The molecule has 0 aliphatic heterocycles. The second-order valence-electron chi connectivity index (χ2n) is 3.20. The Kier molecular flexibility index (Phi) is 1.47. The molecular weight excluding hydrogens is 172 g/mol. The van der Waals surface area contributed by atoms with Crippen LogP contribution < -0.4 is 0 Å². The standard InChI is InChI=1S/C12H7N2/c1-2-10-8-14-6-4-12(10)11-3-5-13-7-9(1)11/h1-5,7-8H. The fourth-order valence-corrected chi connectivity index (χ4v) is 1.69. The van der Waals surface area contributed by atoms with Crippen LogP contribution in [-0.2, 0) is 0 Å². The summed E-state index contributed by atoms with van der Waals surface area (Å²) in [6.07, 6.45) is 8.36. The van der Waals surface area contributed by atoms with Crippen LogP contribution in [0.25, 0.3) is 21.5 Å². The molecule has 0 aliphatic rings. The number of fused-ring (bicyclic) bond motifs is 3. The van der Waals surface area contributed by atoms with Crippen molar-refractivity contribution < 1.29 is 0 Å². The van der Waals surface area contributed by atoms with Crippen LogP contribution in [0.1, 0.15) is 0 Å². The number of benzene rings is 1. The van der Waals surface area contributed by atoms with E-state index in [4.69, 9.17) is 0 Å². The molecule has 0 saturated carbocycles. The van der Waals surface area contributed by atoms with Gasteiger partial charge in [0.1, 0.15) is 0 Å². The lowest BCUT2D eigenvalue weighted by Gasteiger charge is -2.01. The summed E-state index contributed by atoms with van der Waals surface area (Å²) >= 11 is 0. The summed E-state index contributed by atoms with van der Waals surface area (Å²) in [6, 6.07) is 8.05. The first-order chi connectivity index (χ1) is 6.95. The van der Waals surface area contributed by atoms with Crippen LogP contribution in [0, 0.1) is 6.20 Å². The molecule has 1 radical (unpaired) electrons. The van der Waals surface area contributed by atoms with Crippen molar-refractivity contribution >= 4 is 21.5 Å². The topological polar surface area (TPSA) is 25.8 Å². The van der Waals surface area contributed by atoms with Crippen molar-refractivity contribution in [3.63, 3.8) is 0 Å². The van der Waals surface area contributed by atoms with E-state index in [9.17, 15) is 0 Å².